The summed E-state index contributed by atoms with van der Waals surface area (Å²) in [6.45, 7) is 8.41. The summed E-state index contributed by atoms with van der Waals surface area (Å²) in [5, 5.41) is 2.65. The molecular weight excluding hydrogens is 293 g/mol. The van der Waals surface area contributed by atoms with Crippen LogP contribution in [0.2, 0.25) is 0 Å². The highest BCUT2D eigenvalue weighted by molar-refractivity contribution is 7.85. The Kier molecular flexibility index (Phi) is 7.72. The molecule has 9 heteroatoms. The van der Waals surface area contributed by atoms with Crippen molar-refractivity contribution < 1.29 is 26.2 Å². The average Bonchev–Trinajstić information content (AvgIpc) is 2.09. The number of nitrogens with one attached hydrogen (secondary N) is 1. The van der Waals surface area contributed by atoms with Gasteiger partial charge < -0.3 is 0 Å². The van der Waals surface area contributed by atoms with Crippen LogP contribution in [-0.4, -0.2) is 39.5 Å². The normalized spacial score (nSPS) is 15.2. The van der Waals surface area contributed by atoms with Crippen LogP contribution < -0.4 is 5.09 Å². The van der Waals surface area contributed by atoms with Crippen LogP contribution in [0.15, 0.2) is 0 Å². The molecular formula is C10H24NO6PS. The van der Waals surface area contributed by atoms with Crippen LogP contribution in [0.1, 0.15) is 34.6 Å². The van der Waals surface area contributed by atoms with E-state index in [1.807, 2.05) is 0 Å². The fourth-order valence-electron chi connectivity index (χ4n) is 1.17. The minimum Gasteiger partial charge on any atom is -0.294 e. The van der Waals surface area contributed by atoms with Gasteiger partial charge in [-0.1, -0.05) is 0 Å². The molecule has 19 heavy (non-hydrogen) atoms. The molecule has 0 saturated carbocycles. The van der Waals surface area contributed by atoms with Crippen LogP contribution >= 0.6 is 7.75 Å². The van der Waals surface area contributed by atoms with Gasteiger partial charge in [-0.3, -0.25) is 13.2 Å². The summed E-state index contributed by atoms with van der Waals surface area (Å²) in [5.74, 6) is 0. The summed E-state index contributed by atoms with van der Waals surface area (Å²) in [6.07, 6.45) is 0.370. The number of hydrogen-bond acceptors (Lipinski definition) is 6. The van der Waals surface area contributed by atoms with Gasteiger partial charge in [0.2, 0.25) is 0 Å². The maximum Gasteiger partial charge on any atom is 0.406 e. The molecule has 116 valence electrons. The molecule has 0 aromatic rings. The molecule has 0 radical (unpaired) electrons. The van der Waals surface area contributed by atoms with Crippen molar-refractivity contribution in [1.82, 2.24) is 5.09 Å². The average molecular weight is 317 g/mol. The summed E-state index contributed by atoms with van der Waals surface area (Å²) < 4.78 is 49.3. The maximum atomic E-state index is 12.4. The Balaban J connectivity index is 4.59. The minimum absolute atomic E-state index is 0.147. The number of rotatable bonds is 9. The van der Waals surface area contributed by atoms with E-state index in [0.717, 1.165) is 6.26 Å². The lowest BCUT2D eigenvalue weighted by Crippen LogP contribution is -2.32. The van der Waals surface area contributed by atoms with Crippen molar-refractivity contribution in [2.24, 2.45) is 0 Å². The zero-order valence-corrected chi connectivity index (χ0v) is 14.0. The molecule has 0 heterocycles. The maximum absolute atomic E-state index is 12.4. The summed E-state index contributed by atoms with van der Waals surface area (Å²) in [6, 6.07) is -0.502. The molecule has 1 atom stereocenters. The van der Waals surface area contributed by atoms with Gasteiger partial charge in [-0.15, -0.1) is 0 Å². The van der Waals surface area contributed by atoms with Crippen LogP contribution in [0.25, 0.3) is 0 Å². The first-order valence-corrected chi connectivity index (χ1v) is 9.38. The predicted octanol–water partition coefficient (Wildman–Crippen LogP) is 1.90. The fourth-order valence-corrected chi connectivity index (χ4v) is 3.52. The molecule has 0 bridgehead atoms. The Labute approximate surface area is 115 Å². The van der Waals surface area contributed by atoms with Crippen molar-refractivity contribution in [3.63, 3.8) is 0 Å². The third-order valence-corrected chi connectivity index (χ3v) is 4.33. The lowest BCUT2D eigenvalue weighted by Gasteiger charge is -2.25. The van der Waals surface area contributed by atoms with Gasteiger partial charge in [0.15, 0.2) is 0 Å². The van der Waals surface area contributed by atoms with Crippen molar-refractivity contribution >= 4 is 17.9 Å². The molecule has 0 aliphatic rings. The van der Waals surface area contributed by atoms with Crippen molar-refractivity contribution in [2.75, 3.05) is 12.9 Å². The van der Waals surface area contributed by atoms with Gasteiger partial charge in [0, 0.05) is 6.04 Å². The molecule has 0 spiro atoms. The fraction of sp³-hybridized carbons (Fsp3) is 1.00. The zero-order valence-electron chi connectivity index (χ0n) is 12.2. The second kappa shape index (κ2) is 7.71. The third kappa shape index (κ3) is 10.5. The largest absolute Gasteiger partial charge is 0.406 e. The van der Waals surface area contributed by atoms with Crippen LogP contribution in [-0.2, 0) is 27.9 Å². The molecule has 0 aromatic carbocycles. The van der Waals surface area contributed by atoms with E-state index in [1.165, 1.54) is 0 Å². The third-order valence-electron chi connectivity index (χ3n) is 1.61. The van der Waals surface area contributed by atoms with Gasteiger partial charge in [0.05, 0.1) is 25.1 Å². The monoisotopic (exact) mass is 317 g/mol. The van der Waals surface area contributed by atoms with E-state index >= 15 is 0 Å². The number of hydrogen-bond donors (Lipinski definition) is 1. The molecule has 0 rings (SSSR count). The molecule has 0 fully saturated rings. The van der Waals surface area contributed by atoms with E-state index in [9.17, 15) is 13.0 Å². The highest BCUT2D eigenvalue weighted by atomic mass is 32.2. The van der Waals surface area contributed by atoms with Gasteiger partial charge in [0.1, 0.15) is 0 Å². The van der Waals surface area contributed by atoms with E-state index in [4.69, 9.17) is 9.05 Å². The Bertz CT molecular complexity index is 394. The Morgan fingerprint density at radius 2 is 1.47 bits per heavy atom. The Morgan fingerprint density at radius 1 is 1.05 bits per heavy atom. The van der Waals surface area contributed by atoms with Crippen molar-refractivity contribution in [3.05, 3.63) is 0 Å². The van der Waals surface area contributed by atoms with E-state index in [2.05, 4.69) is 9.27 Å². The molecule has 1 N–H and O–H groups in total. The van der Waals surface area contributed by atoms with Crippen molar-refractivity contribution in [1.29, 1.82) is 0 Å². The molecule has 1 unspecified atom stereocenters. The van der Waals surface area contributed by atoms with Gasteiger partial charge in [-0.05, 0) is 34.6 Å². The topological polar surface area (TPSA) is 90.9 Å². The second-order valence-electron chi connectivity index (χ2n) is 4.82. The Hall–Kier alpha value is 0.0200. The highest BCUT2D eigenvalue weighted by Crippen LogP contribution is 2.46. The molecule has 0 saturated heterocycles. The molecule has 0 aliphatic carbocycles. The first-order chi connectivity index (χ1) is 8.43. The summed E-state index contributed by atoms with van der Waals surface area (Å²) in [4.78, 5) is 0. The smallest absolute Gasteiger partial charge is 0.294 e. The molecule has 0 aliphatic heterocycles. The van der Waals surface area contributed by atoms with E-state index in [1.54, 1.807) is 34.6 Å². The van der Waals surface area contributed by atoms with E-state index in [-0.39, 0.29) is 18.8 Å². The second-order valence-corrected chi connectivity index (χ2v) is 8.14. The van der Waals surface area contributed by atoms with Crippen molar-refractivity contribution in [3.8, 4) is 0 Å². The van der Waals surface area contributed by atoms with Gasteiger partial charge in [0.25, 0.3) is 10.1 Å². The highest BCUT2D eigenvalue weighted by Gasteiger charge is 2.30. The summed E-state index contributed by atoms with van der Waals surface area (Å²) in [5.41, 5.74) is 0. The van der Waals surface area contributed by atoms with E-state index in [0.29, 0.717) is 0 Å². The van der Waals surface area contributed by atoms with Crippen LogP contribution in [0, 0.1) is 0 Å². The van der Waals surface area contributed by atoms with Gasteiger partial charge >= 0.3 is 7.75 Å². The lowest BCUT2D eigenvalue weighted by atomic mass is 10.4. The van der Waals surface area contributed by atoms with Crippen LogP contribution in [0.3, 0.4) is 0 Å². The van der Waals surface area contributed by atoms with Gasteiger partial charge in [-0.2, -0.15) is 8.42 Å². The Morgan fingerprint density at radius 3 is 1.79 bits per heavy atom. The van der Waals surface area contributed by atoms with E-state index < -0.39 is 23.9 Å². The van der Waals surface area contributed by atoms with Gasteiger partial charge in [-0.25, -0.2) is 9.65 Å². The first kappa shape index (κ1) is 19.0. The quantitative estimate of drug-likeness (QED) is 0.513. The standard InChI is InChI=1S/C10H24NO6PS/c1-8(2)16-18(12,17-9(3)4)11-10(5)7-15-19(6,13)14/h8-10H,7H2,1-6H3,(H,11,12). The minimum atomic E-state index is -3.53. The van der Waals surface area contributed by atoms with Crippen LogP contribution in [0.4, 0.5) is 0 Å². The molecule has 0 amide bonds. The van der Waals surface area contributed by atoms with Crippen molar-refractivity contribution in [2.45, 2.75) is 52.9 Å². The lowest BCUT2D eigenvalue weighted by molar-refractivity contribution is 0.130. The summed E-state index contributed by atoms with van der Waals surface area (Å²) in [7, 11) is -7.03. The predicted molar refractivity (Wildman–Crippen MR) is 73.4 cm³/mol. The SMILES string of the molecule is CC(COS(C)(=O)=O)NP(=O)(OC(C)C)OC(C)C. The molecule has 7 nitrogen and oxygen atoms in total. The van der Waals surface area contributed by atoms with Crippen LogP contribution in [0.5, 0.6) is 0 Å². The molecule has 0 aromatic heterocycles. The summed E-state index contributed by atoms with van der Waals surface area (Å²) >= 11 is 0. The first-order valence-electron chi connectivity index (χ1n) is 6.02. The zero-order chi connectivity index (χ0) is 15.3.